The van der Waals surface area contributed by atoms with Gasteiger partial charge in [-0.2, -0.15) is 0 Å². The summed E-state index contributed by atoms with van der Waals surface area (Å²) in [7, 11) is 5.08. The maximum atomic E-state index is 5.35. The number of ether oxygens (including phenoxy) is 2. The minimum Gasteiger partial charge on any atom is -0.493 e. The van der Waals surface area contributed by atoms with Crippen molar-refractivity contribution in [3.63, 3.8) is 0 Å². The van der Waals surface area contributed by atoms with Gasteiger partial charge in [-0.15, -0.1) is 24.0 Å². The highest BCUT2D eigenvalue weighted by molar-refractivity contribution is 14.0. The molecule has 0 aromatic heterocycles. The minimum absolute atomic E-state index is 0. The highest BCUT2D eigenvalue weighted by atomic mass is 127. The fourth-order valence-corrected chi connectivity index (χ4v) is 2.98. The smallest absolute Gasteiger partial charge is 0.191 e. The van der Waals surface area contributed by atoms with Gasteiger partial charge >= 0.3 is 0 Å². The molecule has 1 aromatic carbocycles. The lowest BCUT2D eigenvalue weighted by molar-refractivity contribution is 0.173. The molecule has 0 saturated heterocycles. The van der Waals surface area contributed by atoms with Gasteiger partial charge in [-0.25, -0.2) is 0 Å². The maximum absolute atomic E-state index is 5.35. The molecule has 0 unspecified atom stereocenters. The van der Waals surface area contributed by atoms with E-state index in [0.29, 0.717) is 18.6 Å². The number of methoxy groups -OCH3 is 2. The van der Waals surface area contributed by atoms with Crippen molar-refractivity contribution in [3.8, 4) is 11.5 Å². The number of guanidine groups is 1. The van der Waals surface area contributed by atoms with Gasteiger partial charge in [-0.1, -0.05) is 6.07 Å². The van der Waals surface area contributed by atoms with Crippen molar-refractivity contribution in [3.05, 3.63) is 23.8 Å². The Morgan fingerprint density at radius 2 is 1.67 bits per heavy atom. The van der Waals surface area contributed by atoms with E-state index in [4.69, 9.17) is 9.47 Å². The normalized spacial score (nSPS) is 11.6. The first-order valence-electron chi connectivity index (χ1n) is 9.34. The van der Waals surface area contributed by atoms with Crippen molar-refractivity contribution in [2.45, 2.75) is 52.7 Å². The fraction of sp³-hybridized carbons (Fsp3) is 0.650. The number of nitrogens with zero attached hydrogens (tertiary/aromatic N) is 2. The third-order valence-corrected chi connectivity index (χ3v) is 4.34. The Balaban J connectivity index is 0.00000676. The number of hydrogen-bond donors (Lipinski definition) is 2. The largest absolute Gasteiger partial charge is 0.493 e. The summed E-state index contributed by atoms with van der Waals surface area (Å²) in [4.78, 5) is 6.79. The second-order valence-corrected chi connectivity index (χ2v) is 6.82. The van der Waals surface area contributed by atoms with E-state index in [2.05, 4.69) is 48.2 Å². The average molecular weight is 492 g/mol. The van der Waals surface area contributed by atoms with E-state index in [1.54, 1.807) is 21.3 Å². The zero-order chi connectivity index (χ0) is 19.5. The number of nitrogens with one attached hydrogen (secondary N) is 2. The minimum atomic E-state index is 0. The summed E-state index contributed by atoms with van der Waals surface area (Å²) >= 11 is 0. The Bertz CT molecular complexity index is 557. The van der Waals surface area contributed by atoms with Crippen molar-refractivity contribution in [2.24, 2.45) is 4.99 Å². The molecule has 1 rings (SSSR count). The fourth-order valence-electron chi connectivity index (χ4n) is 2.98. The zero-order valence-electron chi connectivity index (χ0n) is 17.8. The predicted molar refractivity (Wildman–Crippen MR) is 125 cm³/mol. The molecular weight excluding hydrogens is 455 g/mol. The van der Waals surface area contributed by atoms with Crippen LogP contribution in [0.5, 0.6) is 11.5 Å². The Morgan fingerprint density at radius 1 is 1.04 bits per heavy atom. The lowest BCUT2D eigenvalue weighted by Gasteiger charge is -2.30. The zero-order valence-corrected chi connectivity index (χ0v) is 20.2. The summed E-state index contributed by atoms with van der Waals surface area (Å²) in [6, 6.07) is 7.04. The van der Waals surface area contributed by atoms with E-state index in [-0.39, 0.29) is 24.0 Å². The molecule has 2 N–H and O–H groups in total. The van der Waals surface area contributed by atoms with E-state index < -0.39 is 0 Å². The SMILES string of the molecule is CN=C(NCCCN(C(C)C)C(C)C)NCc1ccc(OC)c(OC)c1.I. The predicted octanol–water partition coefficient (Wildman–Crippen LogP) is 3.50. The Hall–Kier alpha value is -1.22. The molecule has 0 spiro atoms. The van der Waals surface area contributed by atoms with E-state index in [9.17, 15) is 0 Å². The molecule has 0 heterocycles. The van der Waals surface area contributed by atoms with Crippen molar-refractivity contribution in [1.82, 2.24) is 15.5 Å². The number of hydrogen-bond acceptors (Lipinski definition) is 4. The van der Waals surface area contributed by atoms with Crippen LogP contribution in [0.3, 0.4) is 0 Å². The van der Waals surface area contributed by atoms with E-state index in [0.717, 1.165) is 42.5 Å². The lowest BCUT2D eigenvalue weighted by Crippen LogP contribution is -2.41. The van der Waals surface area contributed by atoms with Crippen LogP contribution in [0.15, 0.2) is 23.2 Å². The van der Waals surface area contributed by atoms with E-state index >= 15 is 0 Å². The number of halogens is 1. The highest BCUT2D eigenvalue weighted by Gasteiger charge is 2.12. The van der Waals surface area contributed by atoms with Gasteiger partial charge in [0, 0.05) is 38.8 Å². The molecule has 156 valence electrons. The first kappa shape index (κ1) is 25.8. The molecule has 1 aromatic rings. The van der Waals surface area contributed by atoms with Crippen LogP contribution in [0.25, 0.3) is 0 Å². The second kappa shape index (κ2) is 13.9. The topological polar surface area (TPSA) is 58.1 Å². The Kier molecular flexibility index (Phi) is 13.2. The third kappa shape index (κ3) is 9.01. The van der Waals surface area contributed by atoms with Crippen molar-refractivity contribution >= 4 is 29.9 Å². The van der Waals surface area contributed by atoms with Crippen molar-refractivity contribution in [1.29, 1.82) is 0 Å². The van der Waals surface area contributed by atoms with Gasteiger partial charge in [0.05, 0.1) is 14.2 Å². The summed E-state index contributed by atoms with van der Waals surface area (Å²) < 4.78 is 10.6. The van der Waals surface area contributed by atoms with Crippen LogP contribution in [0.1, 0.15) is 39.7 Å². The third-order valence-electron chi connectivity index (χ3n) is 4.34. The van der Waals surface area contributed by atoms with Crippen LogP contribution in [0, 0.1) is 0 Å². The van der Waals surface area contributed by atoms with Crippen LogP contribution in [-0.2, 0) is 6.54 Å². The molecule has 0 fully saturated rings. The van der Waals surface area contributed by atoms with Crippen LogP contribution < -0.4 is 20.1 Å². The molecule has 0 atom stereocenters. The molecule has 6 nitrogen and oxygen atoms in total. The standard InChI is InChI=1S/C20H36N4O2.HI/c1-15(2)24(16(3)4)12-8-11-22-20(21-5)23-14-17-9-10-18(25-6)19(13-17)26-7;/h9-10,13,15-16H,8,11-12,14H2,1-7H3,(H2,21,22,23);1H. The molecule has 0 aliphatic carbocycles. The van der Waals surface area contributed by atoms with Crippen LogP contribution >= 0.6 is 24.0 Å². The summed E-state index contributed by atoms with van der Waals surface area (Å²) in [5, 5.41) is 6.72. The summed E-state index contributed by atoms with van der Waals surface area (Å²) in [5.74, 6) is 2.27. The first-order chi connectivity index (χ1) is 12.4. The van der Waals surface area contributed by atoms with Crippen LogP contribution in [-0.4, -0.2) is 57.3 Å². The Morgan fingerprint density at radius 3 is 2.19 bits per heavy atom. The molecular formula is C20H37IN4O2. The summed E-state index contributed by atoms with van der Waals surface area (Å²) in [6.45, 7) is 11.6. The van der Waals surface area contributed by atoms with Crippen molar-refractivity contribution in [2.75, 3.05) is 34.4 Å². The average Bonchev–Trinajstić information content (AvgIpc) is 2.62. The van der Waals surface area contributed by atoms with Gasteiger partial charge in [-0.05, 0) is 51.8 Å². The van der Waals surface area contributed by atoms with E-state index in [1.807, 2.05) is 18.2 Å². The molecule has 0 aliphatic heterocycles. The molecule has 0 saturated carbocycles. The summed E-state index contributed by atoms with van der Waals surface area (Å²) in [6.07, 6.45) is 1.08. The number of benzene rings is 1. The molecule has 0 bridgehead atoms. The molecule has 7 heteroatoms. The summed E-state index contributed by atoms with van der Waals surface area (Å²) in [5.41, 5.74) is 1.11. The van der Waals surface area contributed by atoms with Gasteiger partial charge in [0.2, 0.25) is 0 Å². The molecule has 0 radical (unpaired) electrons. The van der Waals surface area contributed by atoms with Gasteiger partial charge in [0.25, 0.3) is 0 Å². The quantitative estimate of drug-likeness (QED) is 0.227. The van der Waals surface area contributed by atoms with Crippen LogP contribution in [0.4, 0.5) is 0 Å². The number of aliphatic imine (C=N–C) groups is 1. The van der Waals surface area contributed by atoms with Gasteiger partial charge < -0.3 is 20.1 Å². The van der Waals surface area contributed by atoms with Gasteiger partial charge in [0.1, 0.15) is 0 Å². The lowest BCUT2D eigenvalue weighted by atomic mass is 10.2. The Labute approximate surface area is 182 Å². The van der Waals surface area contributed by atoms with Gasteiger partial charge in [0.15, 0.2) is 17.5 Å². The van der Waals surface area contributed by atoms with E-state index in [1.165, 1.54) is 0 Å². The van der Waals surface area contributed by atoms with Gasteiger partial charge in [-0.3, -0.25) is 9.89 Å². The molecule has 0 amide bonds. The highest BCUT2D eigenvalue weighted by Crippen LogP contribution is 2.27. The molecule has 0 aliphatic rings. The monoisotopic (exact) mass is 492 g/mol. The maximum Gasteiger partial charge on any atom is 0.191 e. The molecule has 27 heavy (non-hydrogen) atoms. The first-order valence-corrected chi connectivity index (χ1v) is 9.34. The second-order valence-electron chi connectivity index (χ2n) is 6.82. The van der Waals surface area contributed by atoms with Crippen LogP contribution in [0.2, 0.25) is 0 Å². The number of rotatable bonds is 10. The van der Waals surface area contributed by atoms with Crippen molar-refractivity contribution < 1.29 is 9.47 Å².